The van der Waals surface area contributed by atoms with Gasteiger partial charge in [0, 0.05) is 11.4 Å². The van der Waals surface area contributed by atoms with E-state index in [1.165, 1.54) is 11.3 Å². The molecule has 1 aliphatic rings. The summed E-state index contributed by atoms with van der Waals surface area (Å²) in [6.07, 6.45) is -4.87. The zero-order valence-electron chi connectivity index (χ0n) is 8.42. The summed E-state index contributed by atoms with van der Waals surface area (Å²) < 4.78 is 37.6. The number of alkyl halides is 3. The van der Waals surface area contributed by atoms with Gasteiger partial charge in [0.15, 0.2) is 0 Å². The van der Waals surface area contributed by atoms with Gasteiger partial charge in [-0.25, -0.2) is 0 Å². The summed E-state index contributed by atoms with van der Waals surface area (Å²) in [5.74, 6) is 0. The molecule has 16 heavy (non-hydrogen) atoms. The highest BCUT2D eigenvalue weighted by Crippen LogP contribution is 2.49. The van der Waals surface area contributed by atoms with E-state index in [0.717, 1.165) is 0 Å². The van der Waals surface area contributed by atoms with E-state index in [0.29, 0.717) is 4.88 Å². The molecule has 1 unspecified atom stereocenters. The summed E-state index contributed by atoms with van der Waals surface area (Å²) >= 11 is 1.34. The van der Waals surface area contributed by atoms with Crippen molar-refractivity contribution in [3.63, 3.8) is 0 Å². The summed E-state index contributed by atoms with van der Waals surface area (Å²) in [5, 5.41) is 13.9. The van der Waals surface area contributed by atoms with Gasteiger partial charge in [-0.15, -0.1) is 11.3 Å². The Morgan fingerprint density at radius 2 is 2.19 bits per heavy atom. The van der Waals surface area contributed by atoms with Crippen LogP contribution in [-0.2, 0) is 0 Å². The number of aliphatic hydroxyl groups excluding tert-OH is 1. The molecule has 0 aromatic carbocycles. The van der Waals surface area contributed by atoms with E-state index in [1.54, 1.807) is 17.5 Å². The highest BCUT2D eigenvalue weighted by molar-refractivity contribution is 7.10. The third kappa shape index (κ3) is 2.23. The second kappa shape index (κ2) is 4.01. The Labute approximate surface area is 95.1 Å². The van der Waals surface area contributed by atoms with Gasteiger partial charge in [0.05, 0.1) is 0 Å². The summed E-state index contributed by atoms with van der Waals surface area (Å²) in [6.45, 7) is -0.0555. The largest absolute Gasteiger partial charge is 0.406 e. The van der Waals surface area contributed by atoms with Gasteiger partial charge in [0.2, 0.25) is 0 Å². The van der Waals surface area contributed by atoms with E-state index in [-0.39, 0.29) is 19.4 Å². The Kier molecular flexibility index (Phi) is 2.98. The van der Waals surface area contributed by atoms with Crippen molar-refractivity contribution in [3.8, 4) is 0 Å². The first-order valence-corrected chi connectivity index (χ1v) is 5.86. The van der Waals surface area contributed by atoms with Crippen molar-refractivity contribution in [2.45, 2.75) is 30.7 Å². The maximum absolute atomic E-state index is 12.5. The molecular formula is C10H12F3NOS. The van der Waals surface area contributed by atoms with E-state index >= 15 is 0 Å². The number of thiophene rings is 1. The SMILES string of the molecule is OC(CNC1(C(F)(F)F)CC1)c1cccs1. The number of aliphatic hydroxyl groups is 1. The molecule has 0 amide bonds. The van der Waals surface area contributed by atoms with Crippen molar-refractivity contribution in [3.05, 3.63) is 22.4 Å². The summed E-state index contributed by atoms with van der Waals surface area (Å²) in [7, 11) is 0. The lowest BCUT2D eigenvalue weighted by Crippen LogP contribution is -2.46. The maximum atomic E-state index is 12.5. The van der Waals surface area contributed by atoms with E-state index in [9.17, 15) is 18.3 Å². The molecule has 1 fully saturated rings. The molecule has 0 spiro atoms. The Balaban J connectivity index is 1.89. The topological polar surface area (TPSA) is 32.3 Å². The zero-order chi connectivity index (χ0) is 11.8. The van der Waals surface area contributed by atoms with Crippen LogP contribution in [0, 0.1) is 0 Å². The lowest BCUT2D eigenvalue weighted by Gasteiger charge is -2.22. The maximum Gasteiger partial charge on any atom is 0.406 e. The average Bonchev–Trinajstić information content (AvgIpc) is 2.80. The second-order valence-corrected chi connectivity index (χ2v) is 4.97. The molecule has 2 rings (SSSR count). The Morgan fingerprint density at radius 1 is 1.50 bits per heavy atom. The van der Waals surface area contributed by atoms with Crippen molar-refractivity contribution in [1.82, 2.24) is 5.32 Å². The minimum absolute atomic E-state index is 0.0555. The molecule has 0 aliphatic heterocycles. The molecule has 2 nitrogen and oxygen atoms in total. The molecule has 2 N–H and O–H groups in total. The van der Waals surface area contributed by atoms with E-state index < -0.39 is 17.8 Å². The van der Waals surface area contributed by atoms with Crippen LogP contribution < -0.4 is 5.32 Å². The highest BCUT2D eigenvalue weighted by atomic mass is 32.1. The number of hydrogen-bond acceptors (Lipinski definition) is 3. The van der Waals surface area contributed by atoms with Gasteiger partial charge in [-0.05, 0) is 24.3 Å². The molecule has 90 valence electrons. The van der Waals surface area contributed by atoms with Crippen LogP contribution in [0.4, 0.5) is 13.2 Å². The van der Waals surface area contributed by atoms with Gasteiger partial charge >= 0.3 is 6.18 Å². The van der Waals surface area contributed by atoms with Crippen LogP contribution in [0.1, 0.15) is 23.8 Å². The Bertz CT molecular complexity index is 345. The monoisotopic (exact) mass is 251 g/mol. The van der Waals surface area contributed by atoms with Crippen LogP contribution in [-0.4, -0.2) is 23.4 Å². The molecule has 1 heterocycles. The quantitative estimate of drug-likeness (QED) is 0.861. The van der Waals surface area contributed by atoms with Crippen molar-refractivity contribution < 1.29 is 18.3 Å². The van der Waals surface area contributed by atoms with Gasteiger partial charge < -0.3 is 10.4 Å². The van der Waals surface area contributed by atoms with Crippen LogP contribution in [0.5, 0.6) is 0 Å². The van der Waals surface area contributed by atoms with E-state index in [2.05, 4.69) is 5.32 Å². The zero-order valence-corrected chi connectivity index (χ0v) is 9.24. The normalized spacial score (nSPS) is 20.8. The second-order valence-electron chi connectivity index (χ2n) is 3.99. The third-order valence-corrected chi connectivity index (χ3v) is 3.77. The van der Waals surface area contributed by atoms with Gasteiger partial charge in [-0.1, -0.05) is 6.07 Å². The van der Waals surface area contributed by atoms with Crippen LogP contribution in [0.15, 0.2) is 17.5 Å². The molecule has 1 aliphatic carbocycles. The van der Waals surface area contributed by atoms with Crippen molar-refractivity contribution in [1.29, 1.82) is 0 Å². The van der Waals surface area contributed by atoms with Crippen LogP contribution in [0.25, 0.3) is 0 Å². The predicted molar refractivity (Wildman–Crippen MR) is 55.3 cm³/mol. The first-order valence-electron chi connectivity index (χ1n) is 4.98. The van der Waals surface area contributed by atoms with Crippen LogP contribution in [0.3, 0.4) is 0 Å². The van der Waals surface area contributed by atoms with E-state index in [4.69, 9.17) is 0 Å². The molecule has 1 atom stereocenters. The molecule has 1 aromatic rings. The van der Waals surface area contributed by atoms with Gasteiger partial charge in [0.1, 0.15) is 11.6 Å². The minimum atomic E-state index is -4.22. The molecule has 0 radical (unpaired) electrons. The predicted octanol–water partition coefficient (Wildman–Crippen LogP) is 2.47. The molecule has 1 aromatic heterocycles. The first-order chi connectivity index (χ1) is 7.45. The first kappa shape index (κ1) is 11.9. The Morgan fingerprint density at radius 3 is 2.62 bits per heavy atom. The smallest absolute Gasteiger partial charge is 0.386 e. The van der Waals surface area contributed by atoms with Crippen molar-refractivity contribution in [2.24, 2.45) is 0 Å². The summed E-state index contributed by atoms with van der Waals surface area (Å²) in [5.41, 5.74) is -1.74. The molecule has 0 bridgehead atoms. The number of β-amino-alcohol motifs (C(OH)–C–C–N with tert-alkyl or cyclic N) is 1. The highest BCUT2D eigenvalue weighted by Gasteiger charge is 2.63. The Hall–Kier alpha value is -0.590. The summed E-state index contributed by atoms with van der Waals surface area (Å²) in [4.78, 5) is 0.686. The molecule has 0 saturated heterocycles. The number of rotatable bonds is 4. The van der Waals surface area contributed by atoms with Gasteiger partial charge in [-0.3, -0.25) is 0 Å². The average molecular weight is 251 g/mol. The number of halogens is 3. The van der Waals surface area contributed by atoms with Crippen LogP contribution in [0.2, 0.25) is 0 Å². The molecular weight excluding hydrogens is 239 g/mol. The van der Waals surface area contributed by atoms with Crippen molar-refractivity contribution >= 4 is 11.3 Å². The summed E-state index contributed by atoms with van der Waals surface area (Å²) in [6, 6.07) is 3.48. The van der Waals surface area contributed by atoms with Gasteiger partial charge in [0.25, 0.3) is 0 Å². The number of hydrogen-bond donors (Lipinski definition) is 2. The lowest BCUT2D eigenvalue weighted by molar-refractivity contribution is -0.166. The fraction of sp³-hybridized carbons (Fsp3) is 0.600. The number of nitrogens with one attached hydrogen (secondary N) is 1. The standard InChI is InChI=1S/C10H12F3NOS/c11-10(12,13)9(3-4-9)14-6-7(15)8-2-1-5-16-8/h1-2,5,7,14-15H,3-4,6H2. The van der Waals surface area contributed by atoms with E-state index in [1.807, 2.05) is 0 Å². The van der Waals surface area contributed by atoms with Crippen LogP contribution >= 0.6 is 11.3 Å². The fourth-order valence-corrected chi connectivity index (χ4v) is 2.27. The van der Waals surface area contributed by atoms with Crippen molar-refractivity contribution in [2.75, 3.05) is 6.54 Å². The molecule has 1 saturated carbocycles. The lowest BCUT2D eigenvalue weighted by atomic mass is 10.2. The molecule has 6 heteroatoms. The third-order valence-electron chi connectivity index (χ3n) is 2.80. The van der Waals surface area contributed by atoms with Gasteiger partial charge in [-0.2, -0.15) is 13.2 Å². The minimum Gasteiger partial charge on any atom is -0.386 e. The fourth-order valence-electron chi connectivity index (χ4n) is 1.56.